The summed E-state index contributed by atoms with van der Waals surface area (Å²) in [4.78, 5) is 8.96. The van der Waals surface area contributed by atoms with E-state index in [0.29, 0.717) is 11.8 Å². The summed E-state index contributed by atoms with van der Waals surface area (Å²) in [5, 5.41) is 0. The van der Waals surface area contributed by atoms with Gasteiger partial charge in [0, 0.05) is 0 Å². The lowest BCUT2D eigenvalue weighted by Gasteiger charge is -2.18. The molecule has 110 valence electrons. The highest BCUT2D eigenvalue weighted by Crippen LogP contribution is 2.30. The minimum Gasteiger partial charge on any atom is -0.432 e. The van der Waals surface area contributed by atoms with Gasteiger partial charge in [0.25, 0.3) is 11.8 Å². The van der Waals surface area contributed by atoms with Crippen molar-refractivity contribution < 1.29 is 8.83 Å². The van der Waals surface area contributed by atoms with Gasteiger partial charge in [0.1, 0.15) is 11.0 Å². The van der Waals surface area contributed by atoms with Crippen LogP contribution in [0, 0.1) is 0 Å². The molecule has 0 spiro atoms. The molecule has 0 saturated carbocycles. The Kier molecular flexibility index (Phi) is 2.64. The molecule has 0 fully saturated rings. The van der Waals surface area contributed by atoms with E-state index < -0.39 is 0 Å². The van der Waals surface area contributed by atoms with E-state index in [1.807, 2.05) is 30.3 Å². The Labute approximate surface area is 127 Å². The first-order chi connectivity index (χ1) is 10.5. The monoisotopic (exact) mass is 292 g/mol. The van der Waals surface area contributed by atoms with Gasteiger partial charge in [0.05, 0.1) is 0 Å². The van der Waals surface area contributed by atoms with Crippen LogP contribution in [-0.4, -0.2) is 9.97 Å². The van der Waals surface area contributed by atoms with Crippen LogP contribution in [0.2, 0.25) is 0 Å². The van der Waals surface area contributed by atoms with Crippen LogP contribution >= 0.6 is 0 Å². The van der Waals surface area contributed by atoms with Crippen molar-refractivity contribution in [1.29, 1.82) is 0 Å². The molecule has 2 heterocycles. The van der Waals surface area contributed by atoms with Crippen molar-refractivity contribution >= 4 is 22.2 Å². The van der Waals surface area contributed by atoms with Gasteiger partial charge in [-0.05, 0) is 35.2 Å². The molecule has 0 atom stereocenters. The summed E-state index contributed by atoms with van der Waals surface area (Å²) in [6, 6.07) is 13.7. The molecule has 0 N–H and O–H groups in total. The number of benzene rings is 2. The third-order valence-corrected chi connectivity index (χ3v) is 3.73. The predicted molar refractivity (Wildman–Crippen MR) is 85.7 cm³/mol. The van der Waals surface area contributed by atoms with Crippen molar-refractivity contribution in [2.45, 2.75) is 26.2 Å². The van der Waals surface area contributed by atoms with Crippen LogP contribution in [0.3, 0.4) is 0 Å². The van der Waals surface area contributed by atoms with Crippen LogP contribution in [0.4, 0.5) is 0 Å². The Morgan fingerprint density at radius 2 is 1.41 bits per heavy atom. The van der Waals surface area contributed by atoms with Gasteiger partial charge in [-0.15, -0.1) is 0 Å². The highest BCUT2D eigenvalue weighted by molar-refractivity contribution is 5.78. The number of oxazole rings is 2. The molecule has 22 heavy (non-hydrogen) atoms. The third-order valence-electron chi connectivity index (χ3n) is 3.73. The maximum Gasteiger partial charge on any atom is 0.284 e. The van der Waals surface area contributed by atoms with Crippen molar-refractivity contribution in [3.63, 3.8) is 0 Å². The van der Waals surface area contributed by atoms with E-state index >= 15 is 0 Å². The summed E-state index contributed by atoms with van der Waals surface area (Å²) >= 11 is 0. The number of nitrogens with zero attached hydrogens (tertiary/aromatic N) is 2. The zero-order chi connectivity index (χ0) is 15.3. The normalized spacial score (nSPS) is 12.3. The smallest absolute Gasteiger partial charge is 0.284 e. The predicted octanol–water partition coefficient (Wildman–Crippen LogP) is 4.93. The third kappa shape index (κ3) is 2.08. The molecule has 4 rings (SSSR count). The molecular weight excluding hydrogens is 276 g/mol. The molecule has 2 aromatic heterocycles. The molecule has 4 aromatic rings. The lowest BCUT2D eigenvalue weighted by Crippen LogP contribution is -2.10. The number of rotatable bonds is 1. The SMILES string of the molecule is CC(C)(C)c1ccc2oc(-c3nc4ccccc4o3)nc2c1. The standard InChI is InChI=1S/C18H16N2O2/c1-18(2,3)11-8-9-15-13(10-11)20-17(22-15)16-19-12-6-4-5-7-14(12)21-16/h4-10H,1-3H3. The lowest BCUT2D eigenvalue weighted by molar-refractivity contribution is 0.550. The van der Waals surface area contributed by atoms with Gasteiger partial charge >= 0.3 is 0 Å². The van der Waals surface area contributed by atoms with Crippen molar-refractivity contribution in [2.24, 2.45) is 0 Å². The van der Waals surface area contributed by atoms with E-state index in [4.69, 9.17) is 8.83 Å². The fourth-order valence-electron chi connectivity index (χ4n) is 2.45. The Bertz CT molecular complexity index is 941. The van der Waals surface area contributed by atoms with E-state index in [9.17, 15) is 0 Å². The number of hydrogen-bond acceptors (Lipinski definition) is 4. The quantitative estimate of drug-likeness (QED) is 0.499. The van der Waals surface area contributed by atoms with Crippen molar-refractivity contribution in [2.75, 3.05) is 0 Å². The number of hydrogen-bond donors (Lipinski definition) is 0. The number of aromatic nitrogens is 2. The molecule has 0 unspecified atom stereocenters. The van der Waals surface area contributed by atoms with Gasteiger partial charge in [0.2, 0.25) is 0 Å². The van der Waals surface area contributed by atoms with Crippen LogP contribution in [0.15, 0.2) is 51.3 Å². The van der Waals surface area contributed by atoms with Gasteiger partial charge in [-0.1, -0.05) is 39.0 Å². The highest BCUT2D eigenvalue weighted by atomic mass is 16.4. The second-order valence-electron chi connectivity index (χ2n) is 6.44. The summed E-state index contributed by atoms with van der Waals surface area (Å²) in [5.74, 6) is 0.826. The van der Waals surface area contributed by atoms with Gasteiger partial charge in [-0.3, -0.25) is 0 Å². The summed E-state index contributed by atoms with van der Waals surface area (Å²) in [7, 11) is 0. The Balaban J connectivity index is 1.85. The van der Waals surface area contributed by atoms with E-state index in [1.54, 1.807) is 0 Å². The average molecular weight is 292 g/mol. The van der Waals surface area contributed by atoms with Gasteiger partial charge < -0.3 is 8.83 Å². The Morgan fingerprint density at radius 1 is 0.773 bits per heavy atom. The molecule has 0 aliphatic heterocycles. The first kappa shape index (κ1) is 13.1. The molecule has 4 heteroatoms. The highest BCUT2D eigenvalue weighted by Gasteiger charge is 2.18. The maximum atomic E-state index is 5.78. The fourth-order valence-corrected chi connectivity index (χ4v) is 2.45. The van der Waals surface area contributed by atoms with E-state index in [-0.39, 0.29) is 5.41 Å². The molecule has 0 amide bonds. The zero-order valence-corrected chi connectivity index (χ0v) is 12.8. The molecule has 0 saturated heterocycles. The topological polar surface area (TPSA) is 52.1 Å². The Hall–Kier alpha value is -2.62. The van der Waals surface area contributed by atoms with Gasteiger partial charge in [0.15, 0.2) is 11.2 Å². The second kappa shape index (κ2) is 4.44. The number of para-hydroxylation sites is 2. The van der Waals surface area contributed by atoms with Crippen molar-refractivity contribution in [1.82, 2.24) is 9.97 Å². The van der Waals surface area contributed by atoms with E-state index in [0.717, 1.165) is 22.2 Å². The minimum atomic E-state index is 0.0743. The van der Waals surface area contributed by atoms with Crippen LogP contribution in [0.1, 0.15) is 26.3 Å². The van der Waals surface area contributed by atoms with E-state index in [1.165, 1.54) is 5.56 Å². The second-order valence-corrected chi connectivity index (χ2v) is 6.44. The Morgan fingerprint density at radius 3 is 2.09 bits per heavy atom. The average Bonchev–Trinajstić information content (AvgIpc) is 3.08. The summed E-state index contributed by atoms with van der Waals surface area (Å²) in [6.45, 7) is 6.53. The largest absolute Gasteiger partial charge is 0.432 e. The molecule has 0 aliphatic rings. The van der Waals surface area contributed by atoms with Gasteiger partial charge in [-0.2, -0.15) is 0 Å². The molecule has 0 radical (unpaired) electrons. The van der Waals surface area contributed by atoms with Crippen molar-refractivity contribution in [3.05, 3.63) is 48.0 Å². The molecule has 2 aromatic carbocycles. The fraction of sp³-hybridized carbons (Fsp3) is 0.222. The summed E-state index contributed by atoms with van der Waals surface area (Å²) in [5.41, 5.74) is 4.39. The molecule has 0 aliphatic carbocycles. The molecule has 4 nitrogen and oxygen atoms in total. The van der Waals surface area contributed by atoms with E-state index in [2.05, 4.69) is 42.9 Å². The zero-order valence-electron chi connectivity index (χ0n) is 12.8. The molecule has 0 bridgehead atoms. The van der Waals surface area contributed by atoms with Crippen LogP contribution in [-0.2, 0) is 5.41 Å². The minimum absolute atomic E-state index is 0.0743. The number of fused-ring (bicyclic) bond motifs is 2. The first-order valence-electron chi connectivity index (χ1n) is 7.28. The van der Waals surface area contributed by atoms with Gasteiger partial charge in [-0.25, -0.2) is 9.97 Å². The summed E-state index contributed by atoms with van der Waals surface area (Å²) < 4.78 is 11.5. The lowest BCUT2D eigenvalue weighted by atomic mass is 9.87. The van der Waals surface area contributed by atoms with Crippen LogP contribution < -0.4 is 0 Å². The maximum absolute atomic E-state index is 5.78. The molecular formula is C18H16N2O2. The first-order valence-corrected chi connectivity index (χ1v) is 7.28. The van der Waals surface area contributed by atoms with Crippen LogP contribution in [0.25, 0.3) is 34.0 Å². The summed E-state index contributed by atoms with van der Waals surface area (Å²) in [6.07, 6.45) is 0. The van der Waals surface area contributed by atoms with Crippen LogP contribution in [0.5, 0.6) is 0 Å². The van der Waals surface area contributed by atoms with Crippen molar-refractivity contribution in [3.8, 4) is 11.8 Å².